The van der Waals surface area contributed by atoms with E-state index in [-0.39, 0.29) is 0 Å². The second-order valence-corrected chi connectivity index (χ2v) is 6.57. The van der Waals surface area contributed by atoms with Gasteiger partial charge < -0.3 is 5.32 Å². The maximum Gasteiger partial charge on any atom is 0.401 e. The summed E-state index contributed by atoms with van der Waals surface area (Å²) in [5.41, 5.74) is 2.37. The molecule has 1 aliphatic heterocycles. The van der Waals surface area contributed by atoms with Crippen LogP contribution in [0.5, 0.6) is 0 Å². The Kier molecular flexibility index (Phi) is 5.68. The number of likely N-dealkylation sites (tertiary alicyclic amines) is 1. The number of hydrogen-bond donors (Lipinski definition) is 1. The van der Waals surface area contributed by atoms with Gasteiger partial charge in [-0.3, -0.25) is 4.90 Å². The first-order chi connectivity index (χ1) is 9.83. The summed E-state index contributed by atoms with van der Waals surface area (Å²) in [6.45, 7) is 3.84. The van der Waals surface area contributed by atoms with Crippen molar-refractivity contribution in [1.82, 2.24) is 10.2 Å². The van der Waals surface area contributed by atoms with Crippen molar-refractivity contribution in [3.63, 3.8) is 0 Å². The van der Waals surface area contributed by atoms with Gasteiger partial charge in [-0.1, -0.05) is 28.1 Å². The number of hydrogen-bond acceptors (Lipinski definition) is 2. The number of nitrogens with one attached hydrogen (secondary N) is 1. The zero-order valence-electron chi connectivity index (χ0n) is 12.0. The highest BCUT2D eigenvalue weighted by Gasteiger charge is 2.34. The van der Waals surface area contributed by atoms with Gasteiger partial charge in [-0.25, -0.2) is 0 Å². The molecule has 1 saturated heterocycles. The Bertz CT molecular complexity index is 476. The predicted molar refractivity (Wildman–Crippen MR) is 81.2 cm³/mol. The molecule has 2 nitrogen and oxygen atoms in total. The van der Waals surface area contributed by atoms with Gasteiger partial charge in [0.2, 0.25) is 0 Å². The molecule has 2 rings (SSSR count). The highest BCUT2D eigenvalue weighted by molar-refractivity contribution is 9.10. The Balaban J connectivity index is 1.71. The minimum Gasteiger partial charge on any atom is -0.312 e. The fourth-order valence-electron chi connectivity index (χ4n) is 2.64. The Morgan fingerprint density at radius 2 is 2.14 bits per heavy atom. The van der Waals surface area contributed by atoms with Crippen molar-refractivity contribution in [2.24, 2.45) is 5.92 Å². The van der Waals surface area contributed by atoms with Gasteiger partial charge in [0.05, 0.1) is 6.54 Å². The van der Waals surface area contributed by atoms with Crippen molar-refractivity contribution in [3.05, 3.63) is 33.8 Å². The first-order valence-corrected chi connectivity index (χ1v) is 7.87. The molecule has 1 aliphatic rings. The highest BCUT2D eigenvalue weighted by atomic mass is 79.9. The van der Waals surface area contributed by atoms with Crippen LogP contribution in [0.15, 0.2) is 22.7 Å². The molecule has 0 amide bonds. The topological polar surface area (TPSA) is 15.3 Å². The van der Waals surface area contributed by atoms with Gasteiger partial charge in [0.25, 0.3) is 0 Å². The lowest BCUT2D eigenvalue weighted by atomic mass is 10.1. The molecular weight excluding hydrogens is 345 g/mol. The molecular formula is C15H20BrF3N2. The SMILES string of the molecule is Cc1ccc(CNCC2CCN(CC(F)(F)F)C2)cc1Br. The van der Waals surface area contributed by atoms with E-state index in [0.29, 0.717) is 19.0 Å². The summed E-state index contributed by atoms with van der Waals surface area (Å²) in [5, 5.41) is 3.34. The summed E-state index contributed by atoms with van der Waals surface area (Å²) in [6, 6.07) is 6.20. The lowest BCUT2D eigenvalue weighted by molar-refractivity contribution is -0.143. The minimum atomic E-state index is -4.09. The Labute approximate surface area is 131 Å². The Morgan fingerprint density at radius 1 is 1.38 bits per heavy atom. The summed E-state index contributed by atoms with van der Waals surface area (Å²) in [7, 11) is 0. The Morgan fingerprint density at radius 3 is 2.81 bits per heavy atom. The molecule has 0 radical (unpaired) electrons. The average Bonchev–Trinajstić information content (AvgIpc) is 2.79. The molecule has 1 unspecified atom stereocenters. The van der Waals surface area contributed by atoms with Crippen LogP contribution in [0.1, 0.15) is 17.5 Å². The third-order valence-corrected chi connectivity index (χ3v) is 4.63. The highest BCUT2D eigenvalue weighted by Crippen LogP contribution is 2.22. The van der Waals surface area contributed by atoms with Crippen LogP contribution in [-0.4, -0.2) is 37.3 Å². The fourth-order valence-corrected chi connectivity index (χ4v) is 3.07. The first-order valence-electron chi connectivity index (χ1n) is 7.08. The number of alkyl halides is 3. The molecule has 1 aromatic rings. The molecule has 0 saturated carbocycles. The van der Waals surface area contributed by atoms with Crippen LogP contribution >= 0.6 is 15.9 Å². The van der Waals surface area contributed by atoms with E-state index in [4.69, 9.17) is 0 Å². The zero-order chi connectivity index (χ0) is 15.5. The van der Waals surface area contributed by atoms with Gasteiger partial charge in [-0.2, -0.15) is 13.2 Å². The van der Waals surface area contributed by atoms with Crippen molar-refractivity contribution >= 4 is 15.9 Å². The van der Waals surface area contributed by atoms with Gasteiger partial charge >= 0.3 is 6.18 Å². The molecule has 0 spiro atoms. The monoisotopic (exact) mass is 364 g/mol. The van der Waals surface area contributed by atoms with Gasteiger partial charge in [0.15, 0.2) is 0 Å². The summed E-state index contributed by atoms with van der Waals surface area (Å²) >= 11 is 3.50. The normalized spacial score (nSPS) is 20.1. The van der Waals surface area contributed by atoms with Gasteiger partial charge in [0.1, 0.15) is 0 Å². The van der Waals surface area contributed by atoms with Crippen molar-refractivity contribution in [2.75, 3.05) is 26.2 Å². The summed E-state index contributed by atoms with van der Waals surface area (Å²) in [4.78, 5) is 1.49. The summed E-state index contributed by atoms with van der Waals surface area (Å²) in [5.74, 6) is 0.307. The molecule has 1 heterocycles. The second kappa shape index (κ2) is 7.11. The third-order valence-electron chi connectivity index (χ3n) is 3.77. The van der Waals surface area contributed by atoms with E-state index >= 15 is 0 Å². The fraction of sp³-hybridized carbons (Fsp3) is 0.600. The standard InChI is InChI=1S/C15H20BrF3N2/c1-11-2-3-12(6-14(11)16)7-20-8-13-4-5-21(9-13)10-15(17,18)19/h2-3,6,13,20H,4-5,7-10H2,1H3. The quantitative estimate of drug-likeness (QED) is 0.856. The molecule has 21 heavy (non-hydrogen) atoms. The molecule has 0 aliphatic carbocycles. The maximum absolute atomic E-state index is 12.3. The Hall–Kier alpha value is -0.590. The van der Waals surface area contributed by atoms with E-state index in [2.05, 4.69) is 39.4 Å². The minimum absolute atomic E-state index is 0.307. The smallest absolute Gasteiger partial charge is 0.312 e. The van der Waals surface area contributed by atoms with Crippen LogP contribution in [0.3, 0.4) is 0 Å². The third kappa shape index (κ3) is 5.60. The van der Waals surface area contributed by atoms with Gasteiger partial charge in [-0.05, 0) is 49.5 Å². The van der Waals surface area contributed by atoms with E-state index in [1.165, 1.54) is 16.0 Å². The molecule has 1 fully saturated rings. The van der Waals surface area contributed by atoms with E-state index in [9.17, 15) is 13.2 Å². The van der Waals surface area contributed by atoms with Gasteiger partial charge in [-0.15, -0.1) is 0 Å². The van der Waals surface area contributed by atoms with Crippen LogP contribution in [0.25, 0.3) is 0 Å². The van der Waals surface area contributed by atoms with Crippen LogP contribution in [-0.2, 0) is 6.54 Å². The maximum atomic E-state index is 12.3. The molecule has 0 aromatic heterocycles. The van der Waals surface area contributed by atoms with Crippen LogP contribution in [0.4, 0.5) is 13.2 Å². The van der Waals surface area contributed by atoms with Gasteiger partial charge in [0, 0.05) is 17.6 Å². The molecule has 1 atom stereocenters. The van der Waals surface area contributed by atoms with Crippen molar-refractivity contribution in [3.8, 4) is 0 Å². The number of nitrogens with zero attached hydrogens (tertiary/aromatic N) is 1. The van der Waals surface area contributed by atoms with Crippen molar-refractivity contribution in [1.29, 1.82) is 0 Å². The predicted octanol–water partition coefficient (Wildman–Crippen LogP) is 3.73. The lowest BCUT2D eigenvalue weighted by Crippen LogP contribution is -2.33. The van der Waals surface area contributed by atoms with E-state index in [1.54, 1.807) is 0 Å². The zero-order valence-corrected chi connectivity index (χ0v) is 13.6. The average molecular weight is 365 g/mol. The van der Waals surface area contributed by atoms with Crippen LogP contribution < -0.4 is 5.32 Å². The molecule has 0 bridgehead atoms. The first kappa shape index (κ1) is 16.8. The van der Waals surface area contributed by atoms with E-state index in [1.807, 2.05) is 6.92 Å². The molecule has 118 valence electrons. The number of halogens is 4. The number of benzene rings is 1. The van der Waals surface area contributed by atoms with Crippen molar-refractivity contribution in [2.45, 2.75) is 26.1 Å². The van der Waals surface area contributed by atoms with E-state index < -0.39 is 12.7 Å². The molecule has 6 heteroatoms. The van der Waals surface area contributed by atoms with Crippen molar-refractivity contribution < 1.29 is 13.2 Å². The summed E-state index contributed by atoms with van der Waals surface area (Å²) < 4.78 is 38.0. The second-order valence-electron chi connectivity index (χ2n) is 5.72. The number of rotatable bonds is 5. The number of aryl methyl sites for hydroxylation is 1. The summed E-state index contributed by atoms with van der Waals surface area (Å²) in [6.07, 6.45) is -3.25. The largest absolute Gasteiger partial charge is 0.401 e. The van der Waals surface area contributed by atoms with Crippen LogP contribution in [0, 0.1) is 12.8 Å². The lowest BCUT2D eigenvalue weighted by Gasteiger charge is -2.18. The molecule has 1 aromatic carbocycles. The molecule has 1 N–H and O–H groups in total. The van der Waals surface area contributed by atoms with E-state index in [0.717, 1.165) is 24.0 Å². The van der Waals surface area contributed by atoms with Crippen LogP contribution in [0.2, 0.25) is 0 Å².